The zero-order valence-corrected chi connectivity index (χ0v) is 9.97. The Bertz CT molecular complexity index is 392. The van der Waals surface area contributed by atoms with Crippen LogP contribution < -0.4 is 0 Å². The van der Waals surface area contributed by atoms with Gasteiger partial charge in [0.15, 0.2) is 0 Å². The minimum absolute atomic E-state index is 0.110. The molecule has 0 aliphatic heterocycles. The lowest BCUT2D eigenvalue weighted by molar-refractivity contribution is -0.148. The molecule has 1 unspecified atom stereocenters. The maximum atomic E-state index is 11.3. The average Bonchev–Trinajstić information content (AvgIpc) is 2.28. The van der Waals surface area contributed by atoms with Gasteiger partial charge in [0.25, 0.3) is 0 Å². The van der Waals surface area contributed by atoms with Crippen LogP contribution in [0.2, 0.25) is 0 Å². The van der Waals surface area contributed by atoms with E-state index in [-0.39, 0.29) is 6.42 Å². The van der Waals surface area contributed by atoms with E-state index in [0.717, 1.165) is 6.29 Å². The molecule has 4 heteroatoms. The van der Waals surface area contributed by atoms with Gasteiger partial charge in [-0.3, -0.25) is 9.59 Å². The van der Waals surface area contributed by atoms with E-state index in [1.54, 1.807) is 38.1 Å². The first kappa shape index (κ1) is 13.4. The summed E-state index contributed by atoms with van der Waals surface area (Å²) in [5.41, 5.74) is -0.176. The van der Waals surface area contributed by atoms with E-state index >= 15 is 0 Å². The molecule has 0 spiro atoms. The van der Waals surface area contributed by atoms with Crippen molar-refractivity contribution in [2.45, 2.75) is 25.9 Å². The summed E-state index contributed by atoms with van der Waals surface area (Å²) in [7, 11) is 0. The van der Waals surface area contributed by atoms with E-state index in [0.29, 0.717) is 17.7 Å². The highest BCUT2D eigenvalue weighted by molar-refractivity contribution is 5.75. The standard InChI is InChI=1S/C13H16O4/c1-3-17-12(15)8-13(2,16)11-6-4-10(9-14)5-7-11/h4-7,9,16H,3,8H2,1-2H3. The van der Waals surface area contributed by atoms with Crippen molar-refractivity contribution in [3.8, 4) is 0 Å². The number of aliphatic hydroxyl groups is 1. The smallest absolute Gasteiger partial charge is 0.309 e. The van der Waals surface area contributed by atoms with E-state index < -0.39 is 11.6 Å². The van der Waals surface area contributed by atoms with Gasteiger partial charge in [-0.1, -0.05) is 24.3 Å². The van der Waals surface area contributed by atoms with Gasteiger partial charge >= 0.3 is 5.97 Å². The van der Waals surface area contributed by atoms with Crippen molar-refractivity contribution in [3.63, 3.8) is 0 Å². The monoisotopic (exact) mass is 236 g/mol. The molecule has 1 aromatic carbocycles. The number of esters is 1. The molecular formula is C13H16O4. The van der Waals surface area contributed by atoms with Crippen molar-refractivity contribution in [3.05, 3.63) is 35.4 Å². The fourth-order valence-corrected chi connectivity index (χ4v) is 1.52. The minimum Gasteiger partial charge on any atom is -0.466 e. The van der Waals surface area contributed by atoms with Gasteiger partial charge in [-0.05, 0) is 19.4 Å². The molecule has 1 rings (SSSR count). The number of ether oxygens (including phenoxy) is 1. The summed E-state index contributed by atoms with van der Waals surface area (Å²) in [5.74, 6) is -0.447. The van der Waals surface area contributed by atoms with Crippen molar-refractivity contribution in [1.29, 1.82) is 0 Å². The molecule has 0 radical (unpaired) electrons. The van der Waals surface area contributed by atoms with Crippen LogP contribution in [0.3, 0.4) is 0 Å². The van der Waals surface area contributed by atoms with Crippen molar-refractivity contribution >= 4 is 12.3 Å². The Morgan fingerprint density at radius 3 is 2.47 bits per heavy atom. The van der Waals surface area contributed by atoms with Crippen LogP contribution in [0.25, 0.3) is 0 Å². The fourth-order valence-electron chi connectivity index (χ4n) is 1.52. The molecule has 0 aromatic heterocycles. The van der Waals surface area contributed by atoms with Gasteiger partial charge in [-0.2, -0.15) is 0 Å². The number of benzene rings is 1. The van der Waals surface area contributed by atoms with E-state index in [1.165, 1.54) is 0 Å². The number of hydrogen-bond acceptors (Lipinski definition) is 4. The Hall–Kier alpha value is -1.68. The van der Waals surface area contributed by atoms with Gasteiger partial charge in [0.1, 0.15) is 6.29 Å². The lowest BCUT2D eigenvalue weighted by Gasteiger charge is -2.22. The van der Waals surface area contributed by atoms with Gasteiger partial charge in [0, 0.05) is 5.56 Å². The van der Waals surface area contributed by atoms with Gasteiger partial charge in [0.05, 0.1) is 18.6 Å². The highest BCUT2D eigenvalue weighted by Crippen LogP contribution is 2.24. The van der Waals surface area contributed by atoms with Gasteiger partial charge in [-0.25, -0.2) is 0 Å². The maximum absolute atomic E-state index is 11.3. The molecule has 1 atom stereocenters. The van der Waals surface area contributed by atoms with E-state index in [1.807, 2.05) is 0 Å². The third-order valence-electron chi connectivity index (χ3n) is 2.46. The molecular weight excluding hydrogens is 220 g/mol. The van der Waals surface area contributed by atoms with Crippen molar-refractivity contribution in [2.75, 3.05) is 6.61 Å². The lowest BCUT2D eigenvalue weighted by Crippen LogP contribution is -2.26. The normalized spacial score (nSPS) is 13.8. The van der Waals surface area contributed by atoms with Gasteiger partial charge < -0.3 is 9.84 Å². The van der Waals surface area contributed by atoms with Crippen molar-refractivity contribution < 1.29 is 19.4 Å². The molecule has 0 aliphatic carbocycles. The van der Waals surface area contributed by atoms with E-state index in [4.69, 9.17) is 4.74 Å². The zero-order valence-electron chi connectivity index (χ0n) is 9.97. The first-order valence-electron chi connectivity index (χ1n) is 5.43. The second kappa shape index (κ2) is 5.59. The predicted molar refractivity (Wildman–Crippen MR) is 62.7 cm³/mol. The second-order valence-corrected chi connectivity index (χ2v) is 4.00. The summed E-state index contributed by atoms with van der Waals surface area (Å²) in [6, 6.07) is 6.45. The summed E-state index contributed by atoms with van der Waals surface area (Å²) in [4.78, 5) is 21.8. The van der Waals surface area contributed by atoms with Gasteiger partial charge in [0.2, 0.25) is 0 Å². The summed E-state index contributed by atoms with van der Waals surface area (Å²) in [5, 5.41) is 10.2. The zero-order chi connectivity index (χ0) is 12.9. The van der Waals surface area contributed by atoms with Gasteiger partial charge in [-0.15, -0.1) is 0 Å². The first-order valence-corrected chi connectivity index (χ1v) is 5.43. The Labute approximate surface area is 100 Å². The summed E-state index contributed by atoms with van der Waals surface area (Å²) in [6.07, 6.45) is 0.616. The highest BCUT2D eigenvalue weighted by atomic mass is 16.5. The van der Waals surface area contributed by atoms with Crippen LogP contribution in [-0.2, 0) is 15.1 Å². The molecule has 0 aliphatic rings. The van der Waals surface area contributed by atoms with Crippen molar-refractivity contribution in [1.82, 2.24) is 0 Å². The maximum Gasteiger partial charge on any atom is 0.309 e. The summed E-state index contributed by atoms with van der Waals surface area (Å²) >= 11 is 0. The van der Waals surface area contributed by atoms with E-state index in [9.17, 15) is 14.7 Å². The molecule has 1 aromatic rings. The number of hydrogen-bond donors (Lipinski definition) is 1. The second-order valence-electron chi connectivity index (χ2n) is 4.00. The molecule has 0 saturated carbocycles. The third kappa shape index (κ3) is 3.67. The average molecular weight is 236 g/mol. The SMILES string of the molecule is CCOC(=O)CC(C)(O)c1ccc(C=O)cc1. The Kier molecular flexibility index (Phi) is 4.40. The molecule has 92 valence electrons. The minimum atomic E-state index is -1.28. The number of aldehydes is 1. The molecule has 0 heterocycles. The Morgan fingerprint density at radius 1 is 1.41 bits per heavy atom. The summed E-state index contributed by atoms with van der Waals surface area (Å²) in [6.45, 7) is 3.55. The third-order valence-corrected chi connectivity index (χ3v) is 2.46. The van der Waals surface area contributed by atoms with E-state index in [2.05, 4.69) is 0 Å². The van der Waals surface area contributed by atoms with Crippen LogP contribution >= 0.6 is 0 Å². The molecule has 0 fully saturated rings. The van der Waals surface area contributed by atoms with Crippen LogP contribution in [0.15, 0.2) is 24.3 Å². The van der Waals surface area contributed by atoms with Crippen LogP contribution in [0.5, 0.6) is 0 Å². The number of carbonyl (C=O) groups excluding carboxylic acids is 2. The molecule has 17 heavy (non-hydrogen) atoms. The molecule has 0 bridgehead atoms. The quantitative estimate of drug-likeness (QED) is 0.623. The first-order chi connectivity index (χ1) is 7.99. The lowest BCUT2D eigenvalue weighted by atomic mass is 9.92. The number of rotatable bonds is 5. The van der Waals surface area contributed by atoms with Crippen LogP contribution in [0, 0.1) is 0 Å². The highest BCUT2D eigenvalue weighted by Gasteiger charge is 2.27. The Balaban J connectivity index is 2.80. The molecule has 0 saturated heterocycles. The molecule has 1 N–H and O–H groups in total. The molecule has 0 amide bonds. The predicted octanol–water partition coefficient (Wildman–Crippen LogP) is 1.66. The Morgan fingerprint density at radius 2 is 2.00 bits per heavy atom. The molecule has 4 nitrogen and oxygen atoms in total. The van der Waals surface area contributed by atoms with Crippen LogP contribution in [0.1, 0.15) is 36.2 Å². The van der Waals surface area contributed by atoms with Crippen molar-refractivity contribution in [2.24, 2.45) is 0 Å². The van der Waals surface area contributed by atoms with Crippen LogP contribution in [0.4, 0.5) is 0 Å². The largest absolute Gasteiger partial charge is 0.466 e. The van der Waals surface area contributed by atoms with Crippen LogP contribution in [-0.4, -0.2) is 24.0 Å². The topological polar surface area (TPSA) is 63.6 Å². The summed E-state index contributed by atoms with van der Waals surface area (Å²) < 4.78 is 4.79. The number of carbonyl (C=O) groups is 2. The fraction of sp³-hybridized carbons (Fsp3) is 0.385.